The monoisotopic (exact) mass is 441 g/mol. The fraction of sp³-hybridized carbons (Fsp3) is 0.364. The standard InChI is InChI=1S/C22H25F2N7O/c1-13-20-17(30(4)14(2)21(32)29-20)7-19(28-13)26-9-16-10-27-31(12-16)11-15-5-6-18(25-8-15)22(3,23)24/h5-8,10,12,14H,9,11H2,1-4H3,(H,26,28)(H,29,32)/t14-/m0/s1. The molecule has 1 atom stereocenters. The van der Waals surface area contributed by atoms with Crippen molar-refractivity contribution in [1.82, 2.24) is 19.7 Å². The van der Waals surface area contributed by atoms with Gasteiger partial charge in [0.15, 0.2) is 0 Å². The Kier molecular flexibility index (Phi) is 5.53. The maximum absolute atomic E-state index is 13.3. The van der Waals surface area contributed by atoms with E-state index in [4.69, 9.17) is 0 Å². The summed E-state index contributed by atoms with van der Waals surface area (Å²) in [5, 5.41) is 10.6. The van der Waals surface area contributed by atoms with Gasteiger partial charge in [-0.25, -0.2) is 4.98 Å². The number of aromatic nitrogens is 4. The number of alkyl halides is 2. The number of fused-ring (bicyclic) bond motifs is 1. The molecule has 8 nitrogen and oxygen atoms in total. The molecule has 0 fully saturated rings. The number of hydrogen-bond donors (Lipinski definition) is 2. The summed E-state index contributed by atoms with van der Waals surface area (Å²) >= 11 is 0. The average molecular weight is 441 g/mol. The van der Waals surface area contributed by atoms with Gasteiger partial charge in [0, 0.05) is 44.5 Å². The lowest BCUT2D eigenvalue weighted by Gasteiger charge is -2.34. The van der Waals surface area contributed by atoms with Gasteiger partial charge < -0.3 is 15.5 Å². The smallest absolute Gasteiger partial charge is 0.286 e. The van der Waals surface area contributed by atoms with Crippen LogP contribution in [0.1, 0.15) is 36.4 Å². The molecule has 3 aromatic heterocycles. The molecule has 4 heterocycles. The molecular formula is C22H25F2N7O. The molecule has 0 bridgehead atoms. The van der Waals surface area contributed by atoms with E-state index in [0.29, 0.717) is 18.9 Å². The van der Waals surface area contributed by atoms with Crippen molar-refractivity contribution in [3.8, 4) is 0 Å². The molecule has 2 N–H and O–H groups in total. The summed E-state index contributed by atoms with van der Waals surface area (Å²) in [5.74, 6) is -2.30. The van der Waals surface area contributed by atoms with Crippen LogP contribution in [0.15, 0.2) is 36.8 Å². The Morgan fingerprint density at radius 1 is 1.25 bits per heavy atom. The summed E-state index contributed by atoms with van der Waals surface area (Å²) in [6.45, 7) is 5.48. The van der Waals surface area contributed by atoms with Crippen LogP contribution in [0.25, 0.3) is 0 Å². The summed E-state index contributed by atoms with van der Waals surface area (Å²) in [7, 11) is 1.89. The highest BCUT2D eigenvalue weighted by molar-refractivity contribution is 6.04. The molecule has 32 heavy (non-hydrogen) atoms. The number of aryl methyl sites for hydroxylation is 1. The highest BCUT2D eigenvalue weighted by atomic mass is 19.3. The maximum Gasteiger partial charge on any atom is 0.286 e. The molecule has 0 saturated carbocycles. The number of likely N-dealkylation sites (N-methyl/N-ethyl adjacent to an activating group) is 1. The van der Waals surface area contributed by atoms with Crippen molar-refractivity contribution in [2.75, 3.05) is 22.6 Å². The first kappa shape index (κ1) is 21.7. The van der Waals surface area contributed by atoms with E-state index < -0.39 is 5.92 Å². The normalized spacial score (nSPS) is 16.0. The lowest BCUT2D eigenvalue weighted by atomic mass is 10.1. The van der Waals surface area contributed by atoms with Crippen LogP contribution in [0.3, 0.4) is 0 Å². The third kappa shape index (κ3) is 4.39. The van der Waals surface area contributed by atoms with Crippen molar-refractivity contribution in [2.24, 2.45) is 0 Å². The molecule has 0 saturated heterocycles. The topological polar surface area (TPSA) is 88.0 Å². The number of pyridine rings is 2. The Hall–Kier alpha value is -3.56. The van der Waals surface area contributed by atoms with Gasteiger partial charge >= 0.3 is 0 Å². The number of halogens is 2. The van der Waals surface area contributed by atoms with Gasteiger partial charge in [0.2, 0.25) is 5.91 Å². The average Bonchev–Trinajstić information content (AvgIpc) is 3.18. The number of rotatable bonds is 6. The van der Waals surface area contributed by atoms with Crippen LogP contribution in [-0.2, 0) is 23.8 Å². The van der Waals surface area contributed by atoms with E-state index in [1.807, 2.05) is 38.1 Å². The van der Waals surface area contributed by atoms with Crippen LogP contribution in [0.2, 0.25) is 0 Å². The Balaban J connectivity index is 1.42. The molecule has 1 aliphatic heterocycles. The molecule has 3 aromatic rings. The fourth-order valence-electron chi connectivity index (χ4n) is 3.53. The van der Waals surface area contributed by atoms with Crippen LogP contribution in [-0.4, -0.2) is 38.7 Å². The minimum absolute atomic E-state index is 0.0498. The van der Waals surface area contributed by atoms with Crippen LogP contribution >= 0.6 is 0 Å². The van der Waals surface area contributed by atoms with Gasteiger partial charge in [0.05, 0.1) is 29.8 Å². The zero-order valence-electron chi connectivity index (χ0n) is 18.4. The zero-order valence-corrected chi connectivity index (χ0v) is 18.4. The molecule has 0 aromatic carbocycles. The lowest BCUT2D eigenvalue weighted by molar-refractivity contribution is -0.117. The van der Waals surface area contributed by atoms with Gasteiger partial charge in [-0.15, -0.1) is 0 Å². The number of carbonyl (C=O) groups excluding carboxylic acids is 1. The highest BCUT2D eigenvalue weighted by Crippen LogP contribution is 2.35. The van der Waals surface area contributed by atoms with Crippen molar-refractivity contribution in [2.45, 2.75) is 45.8 Å². The van der Waals surface area contributed by atoms with Gasteiger partial charge in [0.25, 0.3) is 5.92 Å². The maximum atomic E-state index is 13.3. The number of nitrogens with zero attached hydrogens (tertiary/aromatic N) is 5. The summed E-state index contributed by atoms with van der Waals surface area (Å²) in [4.78, 5) is 22.4. The lowest BCUT2D eigenvalue weighted by Crippen LogP contribution is -2.44. The number of hydrogen-bond acceptors (Lipinski definition) is 6. The summed E-state index contributed by atoms with van der Waals surface area (Å²) in [6, 6.07) is 4.63. The highest BCUT2D eigenvalue weighted by Gasteiger charge is 2.29. The minimum atomic E-state index is -2.95. The number of amides is 1. The van der Waals surface area contributed by atoms with E-state index in [-0.39, 0.29) is 17.6 Å². The Bertz CT molecular complexity index is 1140. The third-order valence-corrected chi connectivity index (χ3v) is 5.55. The predicted octanol–water partition coefficient (Wildman–Crippen LogP) is 3.53. The minimum Gasteiger partial charge on any atom is -0.366 e. The van der Waals surface area contributed by atoms with E-state index in [1.54, 1.807) is 16.9 Å². The molecule has 0 radical (unpaired) electrons. The van der Waals surface area contributed by atoms with Gasteiger partial charge in [-0.05, 0) is 25.5 Å². The largest absolute Gasteiger partial charge is 0.366 e. The second-order valence-corrected chi connectivity index (χ2v) is 8.10. The number of nitrogens with one attached hydrogen (secondary N) is 2. The van der Waals surface area contributed by atoms with Crippen molar-refractivity contribution in [1.29, 1.82) is 0 Å². The molecule has 0 spiro atoms. The number of anilines is 3. The molecule has 0 aliphatic carbocycles. The van der Waals surface area contributed by atoms with Gasteiger partial charge in [-0.1, -0.05) is 6.07 Å². The molecule has 1 aliphatic rings. The van der Waals surface area contributed by atoms with E-state index in [9.17, 15) is 13.6 Å². The van der Waals surface area contributed by atoms with Crippen molar-refractivity contribution < 1.29 is 13.6 Å². The molecule has 0 unspecified atom stereocenters. The molecule has 1 amide bonds. The SMILES string of the molecule is Cc1nc(NCc2cnn(Cc3ccc(C(C)(F)F)nc3)c2)cc2c1NC(=O)[C@H](C)N2C. The Morgan fingerprint density at radius 2 is 2.03 bits per heavy atom. The summed E-state index contributed by atoms with van der Waals surface area (Å²) < 4.78 is 28.3. The van der Waals surface area contributed by atoms with Gasteiger partial charge in [-0.3, -0.25) is 14.5 Å². The fourth-order valence-corrected chi connectivity index (χ4v) is 3.53. The van der Waals surface area contributed by atoms with Gasteiger partial charge in [-0.2, -0.15) is 13.9 Å². The van der Waals surface area contributed by atoms with Gasteiger partial charge in [0.1, 0.15) is 17.6 Å². The number of carbonyl (C=O) groups is 1. The summed E-state index contributed by atoms with van der Waals surface area (Å²) in [5.41, 5.74) is 3.86. The van der Waals surface area contributed by atoms with Crippen LogP contribution in [0, 0.1) is 6.92 Å². The van der Waals surface area contributed by atoms with E-state index >= 15 is 0 Å². The van der Waals surface area contributed by atoms with E-state index in [2.05, 4.69) is 25.7 Å². The van der Waals surface area contributed by atoms with Crippen LogP contribution < -0.4 is 15.5 Å². The first-order valence-electron chi connectivity index (χ1n) is 10.3. The molecular weight excluding hydrogens is 416 g/mol. The second kappa shape index (κ2) is 8.18. The van der Waals surface area contributed by atoms with E-state index in [1.165, 1.54) is 12.3 Å². The molecule has 168 valence electrons. The van der Waals surface area contributed by atoms with E-state index in [0.717, 1.165) is 35.1 Å². The molecule has 4 rings (SSSR count). The predicted molar refractivity (Wildman–Crippen MR) is 118 cm³/mol. The van der Waals surface area contributed by atoms with Crippen LogP contribution in [0.5, 0.6) is 0 Å². The first-order valence-corrected chi connectivity index (χ1v) is 10.3. The zero-order chi connectivity index (χ0) is 23.0. The molecule has 10 heteroatoms. The second-order valence-electron chi connectivity index (χ2n) is 8.10. The Morgan fingerprint density at radius 3 is 2.72 bits per heavy atom. The van der Waals surface area contributed by atoms with Crippen molar-refractivity contribution >= 4 is 23.1 Å². The van der Waals surface area contributed by atoms with Crippen molar-refractivity contribution in [3.05, 3.63) is 59.3 Å². The summed E-state index contributed by atoms with van der Waals surface area (Å²) in [6.07, 6.45) is 5.08. The van der Waals surface area contributed by atoms with Crippen LogP contribution in [0.4, 0.5) is 26.0 Å². The quantitative estimate of drug-likeness (QED) is 0.609. The van der Waals surface area contributed by atoms with Crippen molar-refractivity contribution in [3.63, 3.8) is 0 Å². The Labute approximate surface area is 184 Å². The third-order valence-electron chi connectivity index (χ3n) is 5.55. The first-order chi connectivity index (χ1) is 15.1.